The van der Waals surface area contributed by atoms with Gasteiger partial charge in [0, 0.05) is 6.04 Å². The number of aryl methyl sites for hydroxylation is 3. The van der Waals surface area contributed by atoms with Gasteiger partial charge in [0.25, 0.3) is 0 Å². The van der Waals surface area contributed by atoms with Crippen LogP contribution in [0.1, 0.15) is 56.0 Å². The van der Waals surface area contributed by atoms with Crippen molar-refractivity contribution < 1.29 is 4.79 Å². The van der Waals surface area contributed by atoms with E-state index in [0.29, 0.717) is 11.8 Å². The van der Waals surface area contributed by atoms with Gasteiger partial charge in [0.05, 0.1) is 11.4 Å². The van der Waals surface area contributed by atoms with Gasteiger partial charge in [-0.15, -0.1) is 10.2 Å². The second-order valence-electron chi connectivity index (χ2n) is 7.64. The Bertz CT molecular complexity index is 793. The number of thioether (sulfide) groups is 1. The molecule has 1 aromatic carbocycles. The molecule has 0 saturated heterocycles. The number of carbonyl (C=O) groups excluding carboxylic acids is 1. The minimum Gasteiger partial charge on any atom is -0.353 e. The van der Waals surface area contributed by atoms with Gasteiger partial charge in [0.15, 0.2) is 5.16 Å². The van der Waals surface area contributed by atoms with Gasteiger partial charge in [0.2, 0.25) is 5.91 Å². The highest BCUT2D eigenvalue weighted by molar-refractivity contribution is 7.99. The molecule has 1 aliphatic rings. The highest BCUT2D eigenvalue weighted by atomic mass is 32.2. The third-order valence-electron chi connectivity index (χ3n) is 5.52. The molecule has 0 aliphatic heterocycles. The van der Waals surface area contributed by atoms with Gasteiger partial charge in [-0.25, -0.2) is 0 Å². The molecular formula is C21H30N4OS. The summed E-state index contributed by atoms with van der Waals surface area (Å²) < 4.78 is 2.05. The van der Waals surface area contributed by atoms with E-state index in [1.54, 1.807) is 0 Å². The quantitative estimate of drug-likeness (QED) is 0.749. The molecule has 1 heterocycles. The molecule has 0 unspecified atom stereocenters. The average Bonchev–Trinajstić information content (AvgIpc) is 3.03. The van der Waals surface area contributed by atoms with Gasteiger partial charge in [-0.05, 0) is 69.6 Å². The summed E-state index contributed by atoms with van der Waals surface area (Å²) in [6.45, 7) is 8.37. The SMILES string of the molecule is CCC1CCC(NC(=O)CSc2nnc(C)n2-c2cc(C)ccc2C)CC1. The summed E-state index contributed by atoms with van der Waals surface area (Å²) in [6, 6.07) is 6.69. The Kier molecular flexibility index (Phi) is 6.58. The first-order valence-corrected chi connectivity index (χ1v) is 10.9. The molecule has 1 amide bonds. The van der Waals surface area contributed by atoms with Gasteiger partial charge in [-0.2, -0.15) is 0 Å². The molecule has 1 saturated carbocycles. The number of amides is 1. The molecule has 0 radical (unpaired) electrons. The predicted octanol–water partition coefficient (Wildman–Crippen LogP) is 4.37. The maximum atomic E-state index is 12.4. The number of hydrogen-bond acceptors (Lipinski definition) is 4. The second kappa shape index (κ2) is 8.91. The van der Waals surface area contributed by atoms with Crippen molar-refractivity contribution in [3.63, 3.8) is 0 Å². The van der Waals surface area contributed by atoms with Crippen molar-refractivity contribution in [3.8, 4) is 5.69 Å². The van der Waals surface area contributed by atoms with Crippen LogP contribution in [0.3, 0.4) is 0 Å². The number of benzene rings is 1. The largest absolute Gasteiger partial charge is 0.353 e. The summed E-state index contributed by atoms with van der Waals surface area (Å²) in [5.74, 6) is 2.14. The van der Waals surface area contributed by atoms with Gasteiger partial charge >= 0.3 is 0 Å². The molecule has 1 aliphatic carbocycles. The summed E-state index contributed by atoms with van der Waals surface area (Å²) in [4.78, 5) is 12.4. The normalized spacial score (nSPS) is 19.9. The van der Waals surface area contributed by atoms with E-state index < -0.39 is 0 Å². The first-order valence-electron chi connectivity index (χ1n) is 9.89. The summed E-state index contributed by atoms with van der Waals surface area (Å²) in [5, 5.41) is 12.5. The molecular weight excluding hydrogens is 356 g/mol. The Morgan fingerprint density at radius 2 is 1.93 bits per heavy atom. The Morgan fingerprint density at radius 1 is 1.19 bits per heavy atom. The van der Waals surface area contributed by atoms with E-state index in [1.807, 2.05) is 11.5 Å². The summed E-state index contributed by atoms with van der Waals surface area (Å²) >= 11 is 1.46. The second-order valence-corrected chi connectivity index (χ2v) is 8.58. The summed E-state index contributed by atoms with van der Waals surface area (Å²) in [7, 11) is 0. The highest BCUT2D eigenvalue weighted by Crippen LogP contribution is 2.27. The lowest BCUT2D eigenvalue weighted by molar-refractivity contribution is -0.119. The lowest BCUT2D eigenvalue weighted by atomic mass is 9.84. The summed E-state index contributed by atoms with van der Waals surface area (Å²) in [6.07, 6.45) is 5.92. The van der Waals surface area contributed by atoms with E-state index in [2.05, 4.69) is 54.5 Å². The van der Waals surface area contributed by atoms with Gasteiger partial charge in [-0.1, -0.05) is 37.2 Å². The minimum atomic E-state index is 0.0908. The Labute approximate surface area is 166 Å². The van der Waals surface area contributed by atoms with E-state index >= 15 is 0 Å². The van der Waals surface area contributed by atoms with Crippen LogP contribution in [0.5, 0.6) is 0 Å². The van der Waals surface area contributed by atoms with E-state index in [4.69, 9.17) is 0 Å². The molecule has 1 fully saturated rings. The molecule has 0 atom stereocenters. The van der Waals surface area contributed by atoms with Crippen LogP contribution >= 0.6 is 11.8 Å². The van der Waals surface area contributed by atoms with E-state index in [-0.39, 0.29) is 5.91 Å². The van der Waals surface area contributed by atoms with Crippen LogP contribution in [0.25, 0.3) is 5.69 Å². The summed E-state index contributed by atoms with van der Waals surface area (Å²) in [5.41, 5.74) is 3.45. The molecule has 146 valence electrons. The van der Waals surface area contributed by atoms with Crippen LogP contribution in [0.15, 0.2) is 23.4 Å². The van der Waals surface area contributed by atoms with Gasteiger partial charge < -0.3 is 5.32 Å². The van der Waals surface area contributed by atoms with Crippen LogP contribution in [-0.2, 0) is 4.79 Å². The van der Waals surface area contributed by atoms with Crippen LogP contribution in [-0.4, -0.2) is 32.5 Å². The Balaban J connectivity index is 1.62. The molecule has 5 nitrogen and oxygen atoms in total. The maximum absolute atomic E-state index is 12.4. The van der Waals surface area contributed by atoms with Crippen molar-refractivity contribution in [3.05, 3.63) is 35.2 Å². The smallest absolute Gasteiger partial charge is 0.230 e. The molecule has 1 N–H and O–H groups in total. The zero-order valence-corrected chi connectivity index (χ0v) is 17.6. The molecule has 1 aromatic heterocycles. The minimum absolute atomic E-state index is 0.0908. The van der Waals surface area contributed by atoms with Crippen molar-refractivity contribution in [2.45, 2.75) is 71.0 Å². The molecule has 0 spiro atoms. The monoisotopic (exact) mass is 386 g/mol. The Morgan fingerprint density at radius 3 is 2.63 bits per heavy atom. The Hall–Kier alpha value is -1.82. The number of carbonyl (C=O) groups is 1. The number of hydrogen-bond donors (Lipinski definition) is 1. The first kappa shape index (κ1) is 19.9. The fourth-order valence-corrected chi connectivity index (χ4v) is 4.59. The van der Waals surface area contributed by atoms with Crippen molar-refractivity contribution in [2.24, 2.45) is 5.92 Å². The maximum Gasteiger partial charge on any atom is 0.230 e. The fourth-order valence-electron chi connectivity index (χ4n) is 3.79. The molecule has 27 heavy (non-hydrogen) atoms. The zero-order chi connectivity index (χ0) is 19.4. The molecule has 3 rings (SSSR count). The molecule has 2 aromatic rings. The standard InChI is InChI=1S/C21H30N4OS/c1-5-17-8-10-18(11-9-17)22-20(26)13-27-21-24-23-16(4)25(21)19-12-14(2)6-7-15(19)3/h6-7,12,17-18H,5,8-11,13H2,1-4H3,(H,22,26). The lowest BCUT2D eigenvalue weighted by Gasteiger charge is -2.28. The van der Waals surface area contributed by atoms with E-state index in [9.17, 15) is 4.79 Å². The van der Waals surface area contributed by atoms with Crippen LogP contribution in [0.2, 0.25) is 0 Å². The fraction of sp³-hybridized carbons (Fsp3) is 0.571. The van der Waals surface area contributed by atoms with Crippen molar-refractivity contribution in [1.82, 2.24) is 20.1 Å². The number of aromatic nitrogens is 3. The number of rotatable bonds is 6. The van der Waals surface area contributed by atoms with Crippen LogP contribution in [0, 0.1) is 26.7 Å². The average molecular weight is 387 g/mol. The lowest BCUT2D eigenvalue weighted by Crippen LogP contribution is -2.38. The number of nitrogens with one attached hydrogen (secondary N) is 1. The molecule has 0 bridgehead atoms. The van der Waals surface area contributed by atoms with Gasteiger partial charge in [-0.3, -0.25) is 9.36 Å². The topological polar surface area (TPSA) is 59.8 Å². The van der Waals surface area contributed by atoms with Crippen molar-refractivity contribution >= 4 is 17.7 Å². The third kappa shape index (κ3) is 4.92. The number of nitrogens with zero attached hydrogens (tertiary/aromatic N) is 3. The van der Waals surface area contributed by atoms with Crippen molar-refractivity contribution in [2.75, 3.05) is 5.75 Å². The first-order chi connectivity index (χ1) is 13.0. The van der Waals surface area contributed by atoms with E-state index in [0.717, 1.165) is 35.4 Å². The van der Waals surface area contributed by atoms with Gasteiger partial charge in [0.1, 0.15) is 5.82 Å². The zero-order valence-electron chi connectivity index (χ0n) is 16.8. The van der Waals surface area contributed by atoms with Crippen LogP contribution in [0.4, 0.5) is 0 Å². The highest BCUT2D eigenvalue weighted by Gasteiger charge is 2.22. The predicted molar refractivity (Wildman–Crippen MR) is 110 cm³/mol. The van der Waals surface area contributed by atoms with E-state index in [1.165, 1.54) is 42.2 Å². The van der Waals surface area contributed by atoms with Crippen LogP contribution < -0.4 is 5.32 Å². The third-order valence-corrected chi connectivity index (χ3v) is 6.45. The molecule has 6 heteroatoms. The van der Waals surface area contributed by atoms with Crippen molar-refractivity contribution in [1.29, 1.82) is 0 Å².